The number of para-hydroxylation sites is 1. The lowest BCUT2D eigenvalue weighted by Gasteiger charge is -2.04. The first-order chi connectivity index (χ1) is 9.15. The fourth-order valence-corrected chi connectivity index (χ4v) is 2.30. The van der Waals surface area contributed by atoms with Gasteiger partial charge in [-0.15, -0.1) is 0 Å². The highest BCUT2D eigenvalue weighted by Crippen LogP contribution is 2.31. The van der Waals surface area contributed by atoms with E-state index >= 15 is 0 Å². The van der Waals surface area contributed by atoms with Crippen molar-refractivity contribution in [3.8, 4) is 11.5 Å². The van der Waals surface area contributed by atoms with Crippen molar-refractivity contribution < 1.29 is 4.42 Å². The van der Waals surface area contributed by atoms with Gasteiger partial charge in [0.2, 0.25) is 0 Å². The SMILES string of the molecule is CC(C)Cc1c(N)n[nH]c1-c1cc2ccccc2o1. The van der Waals surface area contributed by atoms with Crippen molar-refractivity contribution in [1.82, 2.24) is 10.2 Å². The van der Waals surface area contributed by atoms with E-state index in [9.17, 15) is 0 Å². The predicted molar refractivity (Wildman–Crippen MR) is 76.8 cm³/mol. The molecule has 0 bridgehead atoms. The van der Waals surface area contributed by atoms with Crippen LogP contribution in [-0.2, 0) is 6.42 Å². The summed E-state index contributed by atoms with van der Waals surface area (Å²) in [4.78, 5) is 0. The second-order valence-electron chi connectivity index (χ2n) is 5.21. The zero-order valence-electron chi connectivity index (χ0n) is 11.1. The molecule has 0 aliphatic heterocycles. The van der Waals surface area contributed by atoms with E-state index < -0.39 is 0 Å². The van der Waals surface area contributed by atoms with Crippen LogP contribution < -0.4 is 5.73 Å². The van der Waals surface area contributed by atoms with E-state index in [-0.39, 0.29) is 0 Å². The Morgan fingerprint density at radius 3 is 2.84 bits per heavy atom. The van der Waals surface area contributed by atoms with E-state index in [1.807, 2.05) is 30.3 Å². The third kappa shape index (κ3) is 2.10. The predicted octanol–water partition coefficient (Wildman–Crippen LogP) is 3.60. The molecule has 3 aromatic rings. The molecule has 4 heteroatoms. The summed E-state index contributed by atoms with van der Waals surface area (Å²) in [6.45, 7) is 4.32. The highest BCUT2D eigenvalue weighted by atomic mass is 16.3. The monoisotopic (exact) mass is 255 g/mol. The van der Waals surface area contributed by atoms with Crippen LogP contribution in [0.25, 0.3) is 22.4 Å². The van der Waals surface area contributed by atoms with Crippen LogP contribution in [0.2, 0.25) is 0 Å². The Kier molecular flexibility index (Phi) is 2.78. The Labute approximate surface area is 111 Å². The molecule has 0 aliphatic rings. The first-order valence-corrected chi connectivity index (χ1v) is 6.47. The summed E-state index contributed by atoms with van der Waals surface area (Å²) >= 11 is 0. The Morgan fingerprint density at radius 1 is 1.32 bits per heavy atom. The summed E-state index contributed by atoms with van der Waals surface area (Å²) in [6, 6.07) is 9.97. The Hall–Kier alpha value is -2.23. The number of aromatic amines is 1. The molecule has 3 rings (SSSR count). The van der Waals surface area contributed by atoms with Gasteiger partial charge in [-0.05, 0) is 24.5 Å². The van der Waals surface area contributed by atoms with Gasteiger partial charge in [-0.3, -0.25) is 5.10 Å². The van der Waals surface area contributed by atoms with Crippen molar-refractivity contribution in [3.63, 3.8) is 0 Å². The summed E-state index contributed by atoms with van der Waals surface area (Å²) in [5.74, 6) is 1.87. The normalized spacial score (nSPS) is 11.5. The number of benzene rings is 1. The van der Waals surface area contributed by atoms with Crippen LogP contribution >= 0.6 is 0 Å². The molecule has 3 N–H and O–H groups in total. The standard InChI is InChI=1S/C15H17N3O/c1-9(2)7-11-14(17-18-15(11)16)13-8-10-5-3-4-6-12(10)19-13/h3-6,8-9H,7H2,1-2H3,(H3,16,17,18). The molecule has 2 heterocycles. The topological polar surface area (TPSA) is 67.8 Å². The number of hydrogen-bond acceptors (Lipinski definition) is 3. The summed E-state index contributed by atoms with van der Waals surface area (Å²) in [5, 5.41) is 8.18. The molecule has 2 aromatic heterocycles. The van der Waals surface area contributed by atoms with Crippen molar-refractivity contribution >= 4 is 16.8 Å². The van der Waals surface area contributed by atoms with Crippen LogP contribution in [-0.4, -0.2) is 10.2 Å². The van der Waals surface area contributed by atoms with E-state index in [4.69, 9.17) is 10.2 Å². The van der Waals surface area contributed by atoms with E-state index in [1.165, 1.54) is 0 Å². The number of rotatable bonds is 3. The lowest BCUT2D eigenvalue weighted by molar-refractivity contribution is 0.621. The number of anilines is 1. The smallest absolute Gasteiger partial charge is 0.153 e. The maximum absolute atomic E-state index is 5.94. The van der Waals surface area contributed by atoms with Gasteiger partial charge in [0, 0.05) is 10.9 Å². The third-order valence-corrected chi connectivity index (χ3v) is 3.18. The molecule has 0 spiro atoms. The van der Waals surface area contributed by atoms with Gasteiger partial charge in [-0.1, -0.05) is 32.0 Å². The summed E-state index contributed by atoms with van der Waals surface area (Å²) < 4.78 is 5.86. The van der Waals surface area contributed by atoms with Crippen LogP contribution in [0.4, 0.5) is 5.82 Å². The highest BCUT2D eigenvalue weighted by molar-refractivity contribution is 5.83. The number of hydrogen-bond donors (Lipinski definition) is 2. The van der Waals surface area contributed by atoms with Crippen molar-refractivity contribution in [2.24, 2.45) is 5.92 Å². The van der Waals surface area contributed by atoms with Gasteiger partial charge in [-0.2, -0.15) is 5.10 Å². The molecule has 4 nitrogen and oxygen atoms in total. The van der Waals surface area contributed by atoms with Crippen molar-refractivity contribution in [3.05, 3.63) is 35.9 Å². The van der Waals surface area contributed by atoms with Crippen molar-refractivity contribution in [2.45, 2.75) is 20.3 Å². The van der Waals surface area contributed by atoms with Crippen LogP contribution in [0.5, 0.6) is 0 Å². The number of nitrogen functional groups attached to an aromatic ring is 1. The molecule has 0 amide bonds. The van der Waals surface area contributed by atoms with Crippen molar-refractivity contribution in [2.75, 3.05) is 5.73 Å². The molecule has 1 aromatic carbocycles. The zero-order valence-corrected chi connectivity index (χ0v) is 11.1. The van der Waals surface area contributed by atoms with Gasteiger partial charge >= 0.3 is 0 Å². The summed E-state index contributed by atoms with van der Waals surface area (Å²) in [6.07, 6.45) is 0.884. The van der Waals surface area contributed by atoms with Gasteiger partial charge in [0.15, 0.2) is 5.76 Å². The molecule has 0 atom stereocenters. The number of fused-ring (bicyclic) bond motifs is 1. The van der Waals surface area contributed by atoms with Gasteiger partial charge in [0.05, 0.1) is 0 Å². The molecule has 19 heavy (non-hydrogen) atoms. The third-order valence-electron chi connectivity index (χ3n) is 3.18. The quantitative estimate of drug-likeness (QED) is 0.751. The average molecular weight is 255 g/mol. The summed E-state index contributed by atoms with van der Waals surface area (Å²) in [7, 11) is 0. The fraction of sp³-hybridized carbons (Fsp3) is 0.267. The second-order valence-corrected chi connectivity index (χ2v) is 5.21. The summed E-state index contributed by atoms with van der Waals surface area (Å²) in [5.41, 5.74) is 8.74. The number of nitrogens with zero attached hydrogens (tertiary/aromatic N) is 1. The van der Waals surface area contributed by atoms with Crippen molar-refractivity contribution in [1.29, 1.82) is 0 Å². The largest absolute Gasteiger partial charge is 0.454 e. The zero-order chi connectivity index (χ0) is 13.4. The van der Waals surface area contributed by atoms with Gasteiger partial charge in [-0.25, -0.2) is 0 Å². The van der Waals surface area contributed by atoms with Gasteiger partial charge in [0.1, 0.15) is 17.1 Å². The molecule has 98 valence electrons. The lowest BCUT2D eigenvalue weighted by Crippen LogP contribution is -1.98. The number of nitrogens with one attached hydrogen (secondary N) is 1. The molecule has 0 unspecified atom stereocenters. The molecular weight excluding hydrogens is 238 g/mol. The van der Waals surface area contributed by atoms with E-state index in [0.717, 1.165) is 34.4 Å². The van der Waals surface area contributed by atoms with Gasteiger partial charge < -0.3 is 10.2 Å². The maximum Gasteiger partial charge on any atom is 0.153 e. The maximum atomic E-state index is 5.94. The molecule has 0 saturated carbocycles. The molecule has 0 aliphatic carbocycles. The van der Waals surface area contributed by atoms with Crippen LogP contribution in [0.3, 0.4) is 0 Å². The molecule has 0 radical (unpaired) electrons. The molecular formula is C15H17N3O. The Morgan fingerprint density at radius 2 is 2.11 bits per heavy atom. The van der Waals surface area contributed by atoms with Gasteiger partial charge in [0.25, 0.3) is 0 Å². The fourth-order valence-electron chi connectivity index (χ4n) is 2.30. The number of H-pyrrole nitrogens is 1. The van der Waals surface area contributed by atoms with E-state index in [2.05, 4.69) is 24.0 Å². The van der Waals surface area contributed by atoms with Crippen LogP contribution in [0.1, 0.15) is 19.4 Å². The minimum atomic E-state index is 0.517. The number of aromatic nitrogens is 2. The molecule has 0 saturated heterocycles. The Bertz CT molecular complexity index is 676. The van der Waals surface area contributed by atoms with E-state index in [0.29, 0.717) is 11.7 Å². The molecule has 0 fully saturated rings. The first-order valence-electron chi connectivity index (χ1n) is 6.47. The van der Waals surface area contributed by atoms with E-state index in [1.54, 1.807) is 0 Å². The first kappa shape index (κ1) is 11.8. The number of furan rings is 1. The average Bonchev–Trinajstić information content (AvgIpc) is 2.93. The minimum absolute atomic E-state index is 0.517. The minimum Gasteiger partial charge on any atom is -0.454 e. The van der Waals surface area contributed by atoms with Crippen LogP contribution in [0.15, 0.2) is 34.7 Å². The van der Waals surface area contributed by atoms with Crippen LogP contribution in [0, 0.1) is 5.92 Å². The highest BCUT2D eigenvalue weighted by Gasteiger charge is 2.17. The number of nitrogens with two attached hydrogens (primary N) is 1. The Balaban J connectivity index is 2.10. The second kappa shape index (κ2) is 4.46. The lowest BCUT2D eigenvalue weighted by atomic mass is 10.0.